The molecule has 41 heavy (non-hydrogen) atoms. The molecule has 1 aliphatic heterocycles. The second-order valence-electron chi connectivity index (χ2n) is 9.82. The van der Waals surface area contributed by atoms with Gasteiger partial charge in [0, 0.05) is 13.1 Å². The van der Waals surface area contributed by atoms with E-state index in [1.165, 1.54) is 12.1 Å². The number of hydrogen-bond acceptors (Lipinski definition) is 8. The molecule has 12 heteroatoms. The van der Waals surface area contributed by atoms with Crippen molar-refractivity contribution < 1.29 is 28.0 Å². The van der Waals surface area contributed by atoms with E-state index in [1.54, 1.807) is 25.3 Å². The number of nitrogens with two attached hydrogens (primary N) is 1. The van der Waals surface area contributed by atoms with Crippen LogP contribution < -0.4 is 15.9 Å². The van der Waals surface area contributed by atoms with Gasteiger partial charge in [-0.05, 0) is 47.7 Å². The number of rotatable bonds is 12. The minimum Gasteiger partial charge on any atom is -0.480 e. The Kier molecular flexibility index (Phi) is 9.84. The molecule has 3 aromatic carbocycles. The Morgan fingerprint density at radius 2 is 1.85 bits per heavy atom. The van der Waals surface area contributed by atoms with Crippen LogP contribution in [0, 0.1) is 6.92 Å². The summed E-state index contributed by atoms with van der Waals surface area (Å²) >= 11 is 0. The van der Waals surface area contributed by atoms with E-state index in [2.05, 4.69) is 15.1 Å². The molecule has 0 saturated carbocycles. The lowest BCUT2D eigenvalue weighted by molar-refractivity contribution is -0.174. The van der Waals surface area contributed by atoms with E-state index < -0.39 is 40.6 Å². The van der Waals surface area contributed by atoms with Crippen molar-refractivity contribution in [2.45, 2.75) is 49.4 Å². The first-order chi connectivity index (χ1) is 19.6. The number of hydrogen-bond donors (Lipinski definition) is 4. The SMILES string of the molecule is Cc1cccc(S(=O)(=O)N[C@@H](CNC(=O)C[C@@H]2C[C@H](c3ccc(C=NN)cc3)N(Cc3ccccc3)O2)C(=O)O)c1. The quantitative estimate of drug-likeness (QED) is 0.144. The van der Waals surface area contributed by atoms with Gasteiger partial charge in [-0.1, -0.05) is 66.7 Å². The molecule has 1 heterocycles. The lowest BCUT2D eigenvalue weighted by Gasteiger charge is -2.23. The Morgan fingerprint density at radius 3 is 2.51 bits per heavy atom. The molecule has 5 N–H and O–H groups in total. The summed E-state index contributed by atoms with van der Waals surface area (Å²) < 4.78 is 27.6. The second kappa shape index (κ2) is 13.5. The summed E-state index contributed by atoms with van der Waals surface area (Å²) in [5.74, 6) is 3.39. The van der Waals surface area contributed by atoms with Gasteiger partial charge >= 0.3 is 5.97 Å². The summed E-state index contributed by atoms with van der Waals surface area (Å²) in [4.78, 5) is 30.7. The Labute approximate surface area is 239 Å². The number of aryl methyl sites for hydroxylation is 1. The van der Waals surface area contributed by atoms with E-state index in [-0.39, 0.29) is 17.4 Å². The molecule has 3 atom stereocenters. The van der Waals surface area contributed by atoms with E-state index in [0.717, 1.165) is 16.7 Å². The fourth-order valence-electron chi connectivity index (χ4n) is 4.61. The topological polar surface area (TPSA) is 163 Å². The molecule has 1 saturated heterocycles. The van der Waals surface area contributed by atoms with Gasteiger partial charge in [0.05, 0.1) is 29.7 Å². The molecule has 0 aliphatic carbocycles. The summed E-state index contributed by atoms with van der Waals surface area (Å²) in [6.07, 6.45) is 1.57. The van der Waals surface area contributed by atoms with Gasteiger partial charge in [-0.3, -0.25) is 14.4 Å². The number of hydrazone groups is 1. The maximum atomic E-state index is 12.8. The highest BCUT2D eigenvalue weighted by molar-refractivity contribution is 7.89. The largest absolute Gasteiger partial charge is 0.480 e. The molecule has 0 radical (unpaired) electrons. The number of carboxylic acid groups (broad SMARTS) is 1. The molecule has 4 rings (SSSR count). The predicted molar refractivity (Wildman–Crippen MR) is 153 cm³/mol. The fourth-order valence-corrected chi connectivity index (χ4v) is 5.90. The van der Waals surface area contributed by atoms with Crippen molar-refractivity contribution in [3.05, 3.63) is 101 Å². The van der Waals surface area contributed by atoms with Crippen LogP contribution in [0.15, 0.2) is 88.9 Å². The van der Waals surface area contributed by atoms with Gasteiger partial charge in [0.1, 0.15) is 6.04 Å². The molecule has 216 valence electrons. The first-order valence-corrected chi connectivity index (χ1v) is 14.5. The highest BCUT2D eigenvalue weighted by Crippen LogP contribution is 2.36. The van der Waals surface area contributed by atoms with Gasteiger partial charge in [-0.15, -0.1) is 0 Å². The van der Waals surface area contributed by atoms with E-state index in [1.807, 2.05) is 59.7 Å². The fraction of sp³-hybridized carbons (Fsp3) is 0.276. The number of carbonyl (C=O) groups excluding carboxylic acids is 1. The molecular formula is C29H33N5O6S. The third kappa shape index (κ3) is 8.21. The number of nitrogens with zero attached hydrogens (tertiary/aromatic N) is 2. The van der Waals surface area contributed by atoms with Crippen LogP contribution in [0.1, 0.15) is 41.1 Å². The normalized spacial score (nSPS) is 18.4. The monoisotopic (exact) mass is 579 g/mol. The molecule has 0 bridgehead atoms. The number of sulfonamides is 1. The third-order valence-corrected chi connectivity index (χ3v) is 8.13. The first-order valence-electron chi connectivity index (χ1n) is 13.0. The van der Waals surface area contributed by atoms with Crippen LogP contribution in [0.4, 0.5) is 0 Å². The zero-order chi connectivity index (χ0) is 29.4. The van der Waals surface area contributed by atoms with Gasteiger partial charge in [0.15, 0.2) is 0 Å². The summed E-state index contributed by atoms with van der Waals surface area (Å²) in [6.45, 7) is 1.81. The van der Waals surface area contributed by atoms with Crippen LogP contribution in [-0.2, 0) is 31.0 Å². The number of carboxylic acids is 1. The second-order valence-corrected chi connectivity index (χ2v) is 11.5. The van der Waals surface area contributed by atoms with Gasteiger partial charge in [0.25, 0.3) is 0 Å². The highest BCUT2D eigenvalue weighted by atomic mass is 32.2. The standard InChI is InChI=1S/C29H33N5O6S/c1-20-6-5-9-25(14-20)41(38,39)33-26(29(36)37)18-31-28(35)16-24-15-27(23-12-10-21(11-13-23)17-32-30)34(40-24)19-22-7-3-2-4-8-22/h2-14,17,24,26-27,33H,15-16,18-19,30H2,1H3,(H,31,35)(H,36,37)/t24-,26-,27+/m0/s1. The number of benzene rings is 3. The molecule has 0 spiro atoms. The lowest BCUT2D eigenvalue weighted by Crippen LogP contribution is -2.48. The molecule has 0 aromatic heterocycles. The van der Waals surface area contributed by atoms with Crippen molar-refractivity contribution >= 4 is 28.1 Å². The van der Waals surface area contributed by atoms with Crippen LogP contribution in [0.5, 0.6) is 0 Å². The Morgan fingerprint density at radius 1 is 1.12 bits per heavy atom. The number of aliphatic carboxylic acids is 1. The van der Waals surface area contributed by atoms with Crippen molar-refractivity contribution in [1.82, 2.24) is 15.1 Å². The average molecular weight is 580 g/mol. The zero-order valence-corrected chi connectivity index (χ0v) is 23.3. The van der Waals surface area contributed by atoms with Gasteiger partial charge in [-0.2, -0.15) is 14.9 Å². The number of carbonyl (C=O) groups is 2. The van der Waals surface area contributed by atoms with Crippen LogP contribution in [-0.4, -0.2) is 55.4 Å². The Balaban J connectivity index is 1.40. The smallest absolute Gasteiger partial charge is 0.323 e. The van der Waals surface area contributed by atoms with Crippen LogP contribution in [0.25, 0.3) is 0 Å². The molecule has 0 unspecified atom stereocenters. The van der Waals surface area contributed by atoms with Crippen LogP contribution >= 0.6 is 0 Å². The minimum absolute atomic E-state index is 0.0311. The van der Waals surface area contributed by atoms with Gasteiger partial charge < -0.3 is 16.3 Å². The molecule has 1 fully saturated rings. The molecule has 11 nitrogen and oxygen atoms in total. The van der Waals surface area contributed by atoms with E-state index >= 15 is 0 Å². The third-order valence-electron chi connectivity index (χ3n) is 6.66. The summed E-state index contributed by atoms with van der Waals surface area (Å²) in [6, 6.07) is 22.0. The first kappa shape index (κ1) is 29.9. The molecule has 1 amide bonds. The number of hydroxylamine groups is 2. The van der Waals surface area contributed by atoms with Crippen molar-refractivity contribution in [3.63, 3.8) is 0 Å². The Hall–Kier alpha value is -4.10. The summed E-state index contributed by atoms with van der Waals surface area (Å²) in [5, 5.41) is 17.5. The number of nitrogens with one attached hydrogen (secondary N) is 2. The zero-order valence-electron chi connectivity index (χ0n) is 22.5. The Bertz CT molecular complexity index is 1480. The maximum absolute atomic E-state index is 12.8. The minimum atomic E-state index is -4.11. The van der Waals surface area contributed by atoms with Gasteiger partial charge in [-0.25, -0.2) is 8.42 Å². The molecule has 3 aromatic rings. The number of amides is 1. The van der Waals surface area contributed by atoms with E-state index in [9.17, 15) is 23.1 Å². The summed E-state index contributed by atoms with van der Waals surface area (Å²) in [7, 11) is -4.11. The average Bonchev–Trinajstić information content (AvgIpc) is 3.33. The van der Waals surface area contributed by atoms with Crippen LogP contribution in [0.3, 0.4) is 0 Å². The molecule has 1 aliphatic rings. The molecular weight excluding hydrogens is 546 g/mol. The maximum Gasteiger partial charge on any atom is 0.323 e. The van der Waals surface area contributed by atoms with E-state index in [4.69, 9.17) is 10.7 Å². The van der Waals surface area contributed by atoms with E-state index in [0.29, 0.717) is 18.5 Å². The summed E-state index contributed by atoms with van der Waals surface area (Å²) in [5.41, 5.74) is 3.60. The predicted octanol–water partition coefficient (Wildman–Crippen LogP) is 2.47. The van der Waals surface area contributed by atoms with Crippen molar-refractivity contribution in [2.75, 3.05) is 6.54 Å². The highest BCUT2D eigenvalue weighted by Gasteiger charge is 2.36. The lowest BCUT2D eigenvalue weighted by atomic mass is 9.98. The van der Waals surface area contributed by atoms with Gasteiger partial charge in [0.2, 0.25) is 15.9 Å². The van der Waals surface area contributed by atoms with Crippen molar-refractivity contribution in [2.24, 2.45) is 10.9 Å². The van der Waals surface area contributed by atoms with Crippen molar-refractivity contribution in [3.8, 4) is 0 Å². The van der Waals surface area contributed by atoms with Crippen molar-refractivity contribution in [1.29, 1.82) is 0 Å². The van der Waals surface area contributed by atoms with Crippen LogP contribution in [0.2, 0.25) is 0 Å².